The fourth-order valence-electron chi connectivity index (χ4n) is 2.08. The summed E-state index contributed by atoms with van der Waals surface area (Å²) in [6, 6.07) is 10.3. The van der Waals surface area contributed by atoms with E-state index in [1.165, 1.54) is 10.6 Å². The van der Waals surface area contributed by atoms with Gasteiger partial charge in [0.25, 0.3) is 5.56 Å². The van der Waals surface area contributed by atoms with Gasteiger partial charge < -0.3 is 0 Å². The second-order valence-electron chi connectivity index (χ2n) is 4.46. The molecule has 1 aromatic carbocycles. The maximum absolute atomic E-state index is 12.6. The van der Waals surface area contributed by atoms with E-state index in [1.807, 2.05) is 18.2 Å². The van der Waals surface area contributed by atoms with E-state index in [0.29, 0.717) is 16.3 Å². The molecule has 3 aromatic rings. The van der Waals surface area contributed by atoms with Crippen molar-refractivity contribution in [2.24, 2.45) is 5.14 Å². The monoisotopic (exact) mass is 321 g/mol. The summed E-state index contributed by atoms with van der Waals surface area (Å²) in [6.45, 7) is 1.70. The lowest BCUT2D eigenvalue weighted by atomic mass is 10.3. The Bertz CT molecular complexity index is 989. The lowest BCUT2D eigenvalue weighted by Crippen LogP contribution is -2.21. The molecular weight excluding hydrogens is 310 g/mol. The van der Waals surface area contributed by atoms with Gasteiger partial charge in [0.05, 0.1) is 11.1 Å². The van der Waals surface area contributed by atoms with Crippen molar-refractivity contribution in [3.63, 3.8) is 0 Å². The van der Waals surface area contributed by atoms with E-state index in [2.05, 4.69) is 4.98 Å². The number of aryl methyl sites for hydroxylation is 1. The molecule has 0 aliphatic rings. The Kier molecular flexibility index (Phi) is 3.16. The van der Waals surface area contributed by atoms with E-state index in [4.69, 9.17) is 5.14 Å². The topological polar surface area (TPSA) is 95.1 Å². The zero-order valence-corrected chi connectivity index (χ0v) is 12.6. The Labute approximate surface area is 124 Å². The third-order valence-electron chi connectivity index (χ3n) is 3.01. The van der Waals surface area contributed by atoms with Crippen LogP contribution in [0.25, 0.3) is 15.9 Å². The van der Waals surface area contributed by atoms with Gasteiger partial charge in [-0.15, -0.1) is 11.3 Å². The van der Waals surface area contributed by atoms with Gasteiger partial charge in [-0.2, -0.15) is 0 Å². The van der Waals surface area contributed by atoms with Gasteiger partial charge in [0.2, 0.25) is 10.0 Å². The molecule has 3 rings (SSSR count). The van der Waals surface area contributed by atoms with E-state index in [0.717, 1.165) is 11.3 Å². The number of hydrogen-bond donors (Lipinski definition) is 1. The minimum Gasteiger partial charge on any atom is -0.268 e. The molecule has 0 amide bonds. The summed E-state index contributed by atoms with van der Waals surface area (Å²) in [5, 5.41) is 5.35. The number of para-hydroxylation sites is 1. The first kappa shape index (κ1) is 13.9. The molecule has 21 heavy (non-hydrogen) atoms. The molecule has 0 saturated heterocycles. The fraction of sp³-hybridized carbons (Fsp3) is 0.0769. The van der Waals surface area contributed by atoms with Gasteiger partial charge in [-0.25, -0.2) is 18.5 Å². The van der Waals surface area contributed by atoms with E-state index in [-0.39, 0.29) is 15.2 Å². The van der Waals surface area contributed by atoms with Crippen LogP contribution in [0.2, 0.25) is 0 Å². The highest BCUT2D eigenvalue weighted by atomic mass is 32.2. The summed E-state index contributed by atoms with van der Waals surface area (Å²) in [7, 11) is -3.84. The summed E-state index contributed by atoms with van der Waals surface area (Å²) in [5.74, 6) is 0.488. The maximum Gasteiger partial charge on any atom is 0.266 e. The molecule has 108 valence electrons. The van der Waals surface area contributed by atoms with Crippen molar-refractivity contribution in [1.82, 2.24) is 9.55 Å². The second kappa shape index (κ2) is 4.76. The van der Waals surface area contributed by atoms with Crippen molar-refractivity contribution in [2.45, 2.75) is 11.1 Å². The predicted molar refractivity (Wildman–Crippen MR) is 81.3 cm³/mol. The average molecular weight is 321 g/mol. The third kappa shape index (κ3) is 2.37. The third-order valence-corrected chi connectivity index (χ3v) is 5.45. The summed E-state index contributed by atoms with van der Waals surface area (Å²) < 4.78 is 24.2. The molecule has 2 aromatic heterocycles. The number of aromatic nitrogens is 2. The van der Waals surface area contributed by atoms with Crippen LogP contribution in [0.3, 0.4) is 0 Å². The van der Waals surface area contributed by atoms with Crippen LogP contribution >= 0.6 is 11.3 Å². The summed E-state index contributed by atoms with van der Waals surface area (Å²) in [5.41, 5.74) is 0.368. The van der Waals surface area contributed by atoms with Crippen LogP contribution in [0.1, 0.15) is 5.82 Å². The number of rotatable bonds is 2. The highest BCUT2D eigenvalue weighted by Gasteiger charge is 2.17. The van der Waals surface area contributed by atoms with Crippen molar-refractivity contribution in [3.8, 4) is 5.69 Å². The summed E-state index contributed by atoms with van der Waals surface area (Å²) >= 11 is 0.899. The van der Waals surface area contributed by atoms with E-state index in [9.17, 15) is 13.2 Å². The standard InChI is InChI=1S/C13H11N3O3S2/c1-8-15-12-10(7-11(20-12)21(14,18)19)13(17)16(8)9-5-3-2-4-6-9/h2-7H,1H3,(H2,14,18,19). The number of nitrogens with zero attached hydrogens (tertiary/aromatic N) is 2. The molecule has 0 saturated carbocycles. The van der Waals surface area contributed by atoms with Crippen LogP contribution in [0.5, 0.6) is 0 Å². The summed E-state index contributed by atoms with van der Waals surface area (Å²) in [4.78, 5) is 17.3. The molecular formula is C13H11N3O3S2. The first-order chi connectivity index (χ1) is 9.88. The minimum atomic E-state index is -3.84. The second-order valence-corrected chi connectivity index (χ2v) is 7.28. The van der Waals surface area contributed by atoms with Gasteiger partial charge in [0.1, 0.15) is 14.9 Å². The van der Waals surface area contributed by atoms with Crippen molar-refractivity contribution in [3.05, 3.63) is 52.6 Å². The number of benzene rings is 1. The van der Waals surface area contributed by atoms with E-state index >= 15 is 0 Å². The molecule has 8 heteroatoms. The number of fused-ring (bicyclic) bond motifs is 1. The van der Waals surface area contributed by atoms with Crippen LogP contribution in [0.15, 0.2) is 45.4 Å². The van der Waals surface area contributed by atoms with Crippen LogP contribution in [-0.2, 0) is 10.0 Å². The molecule has 0 unspecified atom stereocenters. The van der Waals surface area contributed by atoms with Gasteiger partial charge in [-0.3, -0.25) is 9.36 Å². The van der Waals surface area contributed by atoms with E-state index < -0.39 is 10.0 Å². The molecule has 0 aliphatic carbocycles. The van der Waals surface area contributed by atoms with Crippen molar-refractivity contribution in [1.29, 1.82) is 0 Å². The number of thiophene rings is 1. The van der Waals surface area contributed by atoms with Crippen LogP contribution in [0, 0.1) is 6.92 Å². The van der Waals surface area contributed by atoms with Crippen molar-refractivity contribution >= 4 is 31.6 Å². The molecule has 0 fully saturated rings. The molecule has 0 spiro atoms. The molecule has 2 N–H and O–H groups in total. The summed E-state index contributed by atoms with van der Waals surface area (Å²) in [6.07, 6.45) is 0. The molecule has 0 bridgehead atoms. The number of hydrogen-bond acceptors (Lipinski definition) is 5. The van der Waals surface area contributed by atoms with Gasteiger partial charge in [0, 0.05) is 0 Å². The SMILES string of the molecule is Cc1nc2sc(S(N)(=O)=O)cc2c(=O)n1-c1ccccc1. The number of primary sulfonamides is 1. The molecule has 0 radical (unpaired) electrons. The van der Waals surface area contributed by atoms with Crippen molar-refractivity contribution < 1.29 is 8.42 Å². The quantitative estimate of drug-likeness (QED) is 0.772. The molecule has 0 aliphatic heterocycles. The minimum absolute atomic E-state index is 0.0627. The van der Waals surface area contributed by atoms with Crippen LogP contribution in [0.4, 0.5) is 0 Å². The zero-order valence-electron chi connectivity index (χ0n) is 11.0. The van der Waals surface area contributed by atoms with Gasteiger partial charge in [-0.05, 0) is 25.1 Å². The van der Waals surface area contributed by atoms with Crippen LogP contribution in [-0.4, -0.2) is 18.0 Å². The Morgan fingerprint density at radius 1 is 1.24 bits per heavy atom. The lowest BCUT2D eigenvalue weighted by molar-refractivity contribution is 0.600. The van der Waals surface area contributed by atoms with Gasteiger partial charge in [-0.1, -0.05) is 18.2 Å². The highest BCUT2D eigenvalue weighted by molar-refractivity contribution is 7.91. The molecule has 6 nitrogen and oxygen atoms in total. The highest BCUT2D eigenvalue weighted by Crippen LogP contribution is 2.25. The molecule has 2 heterocycles. The predicted octanol–water partition coefficient (Wildman–Crippen LogP) is 1.40. The smallest absolute Gasteiger partial charge is 0.266 e. The Morgan fingerprint density at radius 2 is 1.90 bits per heavy atom. The van der Waals surface area contributed by atoms with Gasteiger partial charge in [0.15, 0.2) is 0 Å². The first-order valence-corrected chi connectivity index (χ1v) is 8.35. The fourth-order valence-corrected chi connectivity index (χ4v) is 3.87. The normalized spacial score (nSPS) is 11.9. The Hall–Kier alpha value is -2.03. The van der Waals surface area contributed by atoms with E-state index in [1.54, 1.807) is 19.1 Å². The van der Waals surface area contributed by atoms with Gasteiger partial charge >= 0.3 is 0 Å². The number of nitrogens with two attached hydrogens (primary N) is 1. The largest absolute Gasteiger partial charge is 0.268 e. The lowest BCUT2D eigenvalue weighted by Gasteiger charge is -2.08. The number of sulfonamides is 1. The zero-order chi connectivity index (χ0) is 15.2. The first-order valence-electron chi connectivity index (χ1n) is 5.99. The Balaban J connectivity index is 2.37. The molecule has 0 atom stereocenters. The van der Waals surface area contributed by atoms with Crippen molar-refractivity contribution in [2.75, 3.05) is 0 Å². The Morgan fingerprint density at radius 3 is 2.52 bits per heavy atom. The average Bonchev–Trinajstić information content (AvgIpc) is 2.84. The maximum atomic E-state index is 12.6. The van der Waals surface area contributed by atoms with Crippen LogP contribution < -0.4 is 10.7 Å².